The highest BCUT2D eigenvalue weighted by Crippen LogP contribution is 2.29. The quantitative estimate of drug-likeness (QED) is 0.338. The number of amides is 1. The Morgan fingerprint density at radius 3 is 2.44 bits per heavy atom. The fraction of sp³-hybridized carbons (Fsp3) is 0.292. The van der Waals surface area contributed by atoms with Crippen LogP contribution in [0.15, 0.2) is 54.7 Å². The van der Waals surface area contributed by atoms with E-state index in [1.807, 2.05) is 36.4 Å². The van der Waals surface area contributed by atoms with Crippen molar-refractivity contribution in [3.8, 4) is 0 Å². The van der Waals surface area contributed by atoms with Gasteiger partial charge in [-0.1, -0.05) is 23.7 Å². The summed E-state index contributed by atoms with van der Waals surface area (Å²) >= 11 is 10.5. The van der Waals surface area contributed by atoms with Gasteiger partial charge in [-0.3, -0.25) is 4.79 Å². The largest absolute Gasteiger partial charge is 0.369 e. The van der Waals surface area contributed by atoms with E-state index in [9.17, 15) is 4.79 Å². The SMILES string of the molecule is CN1CCN(c2ccc(Nc3ncc(Cl)c(Nc4ccccc4NC(=O)CCS)n3)cc2)CC1. The smallest absolute Gasteiger partial charge is 0.229 e. The Hall–Kier alpha value is -3.01. The second kappa shape index (κ2) is 11.4. The van der Waals surface area contributed by atoms with Crippen LogP contribution in [0.5, 0.6) is 0 Å². The number of rotatable bonds is 8. The minimum atomic E-state index is -0.111. The standard InChI is InChI=1S/C24H28ClN7OS/c1-31-11-13-32(14-12-31)18-8-6-17(7-9-18)27-24-26-16-19(25)23(30-24)29-21-5-3-2-4-20(21)28-22(33)10-15-34/h2-9,16,34H,10-15H2,1H3,(H,28,33)(H2,26,27,29,30). The van der Waals surface area contributed by atoms with Crippen LogP contribution in [0.1, 0.15) is 6.42 Å². The molecule has 0 bridgehead atoms. The summed E-state index contributed by atoms with van der Waals surface area (Å²) in [5.74, 6) is 1.21. The minimum Gasteiger partial charge on any atom is -0.369 e. The number of nitrogens with one attached hydrogen (secondary N) is 3. The average Bonchev–Trinajstić information content (AvgIpc) is 2.84. The van der Waals surface area contributed by atoms with Gasteiger partial charge in [-0.15, -0.1) is 0 Å². The zero-order valence-electron chi connectivity index (χ0n) is 19.0. The molecule has 0 spiro atoms. The van der Waals surface area contributed by atoms with Crippen molar-refractivity contribution in [2.45, 2.75) is 6.42 Å². The van der Waals surface area contributed by atoms with E-state index in [1.54, 1.807) is 6.20 Å². The van der Waals surface area contributed by atoms with Crippen LogP contribution < -0.4 is 20.9 Å². The van der Waals surface area contributed by atoms with Crippen molar-refractivity contribution in [1.82, 2.24) is 14.9 Å². The predicted molar refractivity (Wildman–Crippen MR) is 143 cm³/mol. The van der Waals surface area contributed by atoms with E-state index in [0.717, 1.165) is 31.9 Å². The number of thiol groups is 1. The number of benzene rings is 2. The maximum Gasteiger partial charge on any atom is 0.229 e. The molecule has 1 amide bonds. The molecule has 3 N–H and O–H groups in total. The van der Waals surface area contributed by atoms with Crippen molar-refractivity contribution in [1.29, 1.82) is 0 Å². The van der Waals surface area contributed by atoms with Crippen LogP contribution in [0.2, 0.25) is 5.02 Å². The number of aromatic nitrogens is 2. The fourth-order valence-corrected chi connectivity index (χ4v) is 3.95. The van der Waals surface area contributed by atoms with Crippen LogP contribution in [0.3, 0.4) is 0 Å². The van der Waals surface area contributed by atoms with E-state index in [-0.39, 0.29) is 5.91 Å². The molecule has 1 aromatic heterocycles. The molecular weight excluding hydrogens is 470 g/mol. The molecule has 1 fully saturated rings. The number of likely N-dealkylation sites (N-methyl/N-ethyl adjacent to an activating group) is 1. The van der Waals surface area contributed by atoms with E-state index in [2.05, 4.69) is 67.5 Å². The van der Waals surface area contributed by atoms with E-state index in [0.29, 0.717) is 40.3 Å². The molecule has 2 aromatic carbocycles. The molecule has 10 heteroatoms. The Labute approximate surface area is 210 Å². The molecule has 1 aliphatic rings. The van der Waals surface area contributed by atoms with Crippen molar-refractivity contribution in [3.63, 3.8) is 0 Å². The Bertz CT molecular complexity index is 1120. The molecule has 0 atom stereocenters. The maximum absolute atomic E-state index is 12.0. The van der Waals surface area contributed by atoms with Gasteiger partial charge in [0.15, 0.2) is 5.82 Å². The molecule has 0 radical (unpaired) electrons. The Balaban J connectivity index is 1.45. The lowest BCUT2D eigenvalue weighted by atomic mass is 10.2. The van der Waals surface area contributed by atoms with Gasteiger partial charge < -0.3 is 25.8 Å². The van der Waals surface area contributed by atoms with E-state index in [4.69, 9.17) is 11.6 Å². The Morgan fingerprint density at radius 1 is 1.03 bits per heavy atom. The average molecular weight is 498 g/mol. The minimum absolute atomic E-state index is 0.111. The second-order valence-corrected chi connectivity index (χ2v) is 8.90. The predicted octanol–water partition coefficient (Wildman–Crippen LogP) is 4.63. The summed E-state index contributed by atoms with van der Waals surface area (Å²) in [6.45, 7) is 4.18. The third-order valence-electron chi connectivity index (χ3n) is 5.53. The number of hydrogen-bond acceptors (Lipinski definition) is 8. The van der Waals surface area contributed by atoms with Crippen LogP contribution in [0, 0.1) is 0 Å². The van der Waals surface area contributed by atoms with Crippen LogP contribution in [-0.4, -0.2) is 59.8 Å². The molecule has 0 saturated carbocycles. The van der Waals surface area contributed by atoms with E-state index in [1.165, 1.54) is 5.69 Å². The second-order valence-electron chi connectivity index (χ2n) is 8.04. The lowest BCUT2D eigenvalue weighted by Crippen LogP contribution is -2.44. The highest BCUT2D eigenvalue weighted by molar-refractivity contribution is 7.80. The zero-order valence-corrected chi connectivity index (χ0v) is 20.6. The van der Waals surface area contributed by atoms with Gasteiger partial charge in [0.25, 0.3) is 0 Å². The summed E-state index contributed by atoms with van der Waals surface area (Å²) in [6.07, 6.45) is 1.87. The Morgan fingerprint density at radius 2 is 1.74 bits per heavy atom. The van der Waals surface area contributed by atoms with Crippen LogP contribution in [0.25, 0.3) is 0 Å². The van der Waals surface area contributed by atoms with Crippen molar-refractivity contribution < 1.29 is 4.79 Å². The number of carbonyl (C=O) groups excluding carboxylic acids is 1. The molecule has 8 nitrogen and oxygen atoms in total. The van der Waals surface area contributed by atoms with Gasteiger partial charge in [-0.2, -0.15) is 17.6 Å². The van der Waals surface area contributed by atoms with Gasteiger partial charge >= 0.3 is 0 Å². The number of anilines is 6. The highest BCUT2D eigenvalue weighted by Gasteiger charge is 2.14. The van der Waals surface area contributed by atoms with Crippen molar-refractivity contribution >= 4 is 64.7 Å². The normalized spacial score (nSPS) is 14.0. The van der Waals surface area contributed by atoms with Gasteiger partial charge in [0.2, 0.25) is 11.9 Å². The monoisotopic (exact) mass is 497 g/mol. The molecule has 34 heavy (non-hydrogen) atoms. The number of piperazine rings is 1. The highest BCUT2D eigenvalue weighted by atomic mass is 35.5. The van der Waals surface area contributed by atoms with Gasteiger partial charge in [-0.05, 0) is 49.2 Å². The van der Waals surface area contributed by atoms with Gasteiger partial charge in [0.05, 0.1) is 17.6 Å². The number of carbonyl (C=O) groups is 1. The lowest BCUT2D eigenvalue weighted by molar-refractivity contribution is -0.115. The molecule has 1 saturated heterocycles. The summed E-state index contributed by atoms with van der Waals surface area (Å²) < 4.78 is 0. The summed E-state index contributed by atoms with van der Waals surface area (Å²) in [5.41, 5.74) is 3.40. The first-order chi connectivity index (χ1) is 16.5. The van der Waals surface area contributed by atoms with Gasteiger partial charge in [0, 0.05) is 44.0 Å². The van der Waals surface area contributed by atoms with E-state index >= 15 is 0 Å². The number of nitrogens with zero attached hydrogens (tertiary/aromatic N) is 4. The summed E-state index contributed by atoms with van der Waals surface area (Å²) in [4.78, 5) is 25.6. The third-order valence-corrected chi connectivity index (χ3v) is 6.03. The molecule has 3 aromatic rings. The lowest BCUT2D eigenvalue weighted by Gasteiger charge is -2.34. The summed E-state index contributed by atoms with van der Waals surface area (Å²) in [7, 11) is 2.15. The first-order valence-electron chi connectivity index (χ1n) is 11.1. The molecular formula is C24H28ClN7OS. The molecule has 0 unspecified atom stereocenters. The first-order valence-corrected chi connectivity index (χ1v) is 12.1. The molecule has 1 aliphatic heterocycles. The van der Waals surface area contributed by atoms with Crippen molar-refractivity contribution in [2.75, 3.05) is 59.8 Å². The summed E-state index contributed by atoms with van der Waals surface area (Å²) in [5, 5.41) is 9.68. The number of para-hydroxylation sites is 2. The molecule has 2 heterocycles. The van der Waals surface area contributed by atoms with E-state index < -0.39 is 0 Å². The molecule has 0 aliphatic carbocycles. The zero-order chi connectivity index (χ0) is 23.9. The molecule has 4 rings (SSSR count). The Kier molecular flexibility index (Phi) is 8.10. The first kappa shape index (κ1) is 24.1. The van der Waals surface area contributed by atoms with Crippen LogP contribution >= 0.6 is 24.2 Å². The summed E-state index contributed by atoms with van der Waals surface area (Å²) in [6, 6.07) is 15.6. The van der Waals surface area contributed by atoms with Gasteiger partial charge in [0.1, 0.15) is 5.02 Å². The maximum atomic E-state index is 12.0. The van der Waals surface area contributed by atoms with Crippen LogP contribution in [0.4, 0.5) is 34.5 Å². The topological polar surface area (TPSA) is 85.4 Å². The number of hydrogen-bond donors (Lipinski definition) is 4. The van der Waals surface area contributed by atoms with Crippen molar-refractivity contribution in [2.24, 2.45) is 0 Å². The fourth-order valence-electron chi connectivity index (χ4n) is 3.61. The molecule has 178 valence electrons. The third kappa shape index (κ3) is 6.31. The van der Waals surface area contributed by atoms with Crippen LogP contribution in [-0.2, 0) is 4.79 Å². The van der Waals surface area contributed by atoms with Crippen molar-refractivity contribution in [3.05, 3.63) is 59.8 Å². The number of halogens is 1. The van der Waals surface area contributed by atoms with Gasteiger partial charge in [-0.25, -0.2) is 4.98 Å².